The highest BCUT2D eigenvalue weighted by atomic mass is 16.4. The quantitative estimate of drug-likeness (QED) is 0.884. The molecule has 0 saturated carbocycles. The van der Waals surface area contributed by atoms with Gasteiger partial charge in [-0.1, -0.05) is 48.5 Å². The molecule has 0 aliphatic heterocycles. The van der Waals surface area contributed by atoms with Gasteiger partial charge in [-0.05, 0) is 17.7 Å². The molecule has 5 heteroatoms. The Hall–Kier alpha value is -2.66. The first-order chi connectivity index (χ1) is 10.5. The van der Waals surface area contributed by atoms with Crippen LogP contribution in [0.15, 0.2) is 60.7 Å². The molecule has 114 valence electrons. The summed E-state index contributed by atoms with van der Waals surface area (Å²) in [7, 11) is 1.49. The maximum absolute atomic E-state index is 12.5. The van der Waals surface area contributed by atoms with Gasteiger partial charge in [-0.3, -0.25) is 4.79 Å². The molecule has 1 amide bonds. The zero-order valence-electron chi connectivity index (χ0n) is 12.1. The lowest BCUT2D eigenvalue weighted by Gasteiger charge is -2.30. The summed E-state index contributed by atoms with van der Waals surface area (Å²) in [6.45, 7) is 0. The second-order valence-corrected chi connectivity index (χ2v) is 4.92. The molecular weight excluding hydrogens is 282 g/mol. The number of carboxylic acid groups (broad SMARTS) is 1. The number of carbonyl (C=O) groups excluding carboxylic acids is 1. The van der Waals surface area contributed by atoms with Gasteiger partial charge in [-0.2, -0.15) is 0 Å². The number of benzene rings is 2. The van der Waals surface area contributed by atoms with Crippen LogP contribution in [0.3, 0.4) is 0 Å². The molecule has 22 heavy (non-hydrogen) atoms. The number of amides is 1. The Labute approximate surface area is 128 Å². The van der Waals surface area contributed by atoms with E-state index >= 15 is 0 Å². The molecule has 0 spiro atoms. The highest BCUT2D eigenvalue weighted by Crippen LogP contribution is 2.25. The van der Waals surface area contributed by atoms with Crippen LogP contribution in [0.2, 0.25) is 0 Å². The van der Waals surface area contributed by atoms with E-state index in [0.29, 0.717) is 11.1 Å². The monoisotopic (exact) mass is 299 g/mol. The van der Waals surface area contributed by atoms with Crippen LogP contribution in [0.5, 0.6) is 0 Å². The molecule has 2 aromatic carbocycles. The van der Waals surface area contributed by atoms with Crippen LogP contribution in [-0.2, 0) is 4.79 Å². The number of aliphatic hydroxyl groups is 1. The number of carbonyl (C=O) groups is 2. The summed E-state index contributed by atoms with van der Waals surface area (Å²) < 4.78 is 0. The van der Waals surface area contributed by atoms with Gasteiger partial charge in [0.1, 0.15) is 0 Å². The van der Waals surface area contributed by atoms with Gasteiger partial charge in [-0.15, -0.1) is 0 Å². The van der Waals surface area contributed by atoms with Gasteiger partial charge < -0.3 is 15.1 Å². The Balaban J connectivity index is 2.37. The zero-order valence-corrected chi connectivity index (χ0v) is 12.1. The lowest BCUT2D eigenvalue weighted by molar-refractivity contribution is -0.149. The number of likely N-dealkylation sites (N-methyl/N-ethyl adjacent to an activating group) is 1. The summed E-state index contributed by atoms with van der Waals surface area (Å²) in [5.74, 6) is -1.73. The topological polar surface area (TPSA) is 77.8 Å². The van der Waals surface area contributed by atoms with E-state index in [0.717, 1.165) is 0 Å². The number of rotatable bonds is 5. The van der Waals surface area contributed by atoms with Crippen LogP contribution < -0.4 is 0 Å². The van der Waals surface area contributed by atoms with Crippen LogP contribution in [-0.4, -0.2) is 40.1 Å². The normalized spacial score (nSPS) is 13.2. The zero-order chi connectivity index (χ0) is 16.1. The van der Waals surface area contributed by atoms with Gasteiger partial charge in [-0.25, -0.2) is 4.79 Å². The van der Waals surface area contributed by atoms with Crippen molar-refractivity contribution in [2.45, 2.75) is 12.1 Å². The van der Waals surface area contributed by atoms with Gasteiger partial charge in [0.15, 0.2) is 6.10 Å². The van der Waals surface area contributed by atoms with Crippen LogP contribution in [0.1, 0.15) is 22.0 Å². The van der Waals surface area contributed by atoms with Crippen LogP contribution in [0.4, 0.5) is 0 Å². The minimum Gasteiger partial charge on any atom is -0.479 e. The molecule has 0 fully saturated rings. The molecule has 0 radical (unpaired) electrons. The molecule has 0 aliphatic rings. The number of aliphatic hydroxyl groups excluding tert-OH is 1. The Morgan fingerprint density at radius 2 is 1.45 bits per heavy atom. The fourth-order valence-corrected chi connectivity index (χ4v) is 2.31. The Kier molecular flexibility index (Phi) is 4.91. The molecule has 2 N–H and O–H groups in total. The van der Waals surface area contributed by atoms with E-state index in [-0.39, 0.29) is 5.91 Å². The third-order valence-corrected chi connectivity index (χ3v) is 3.45. The number of hydrogen-bond acceptors (Lipinski definition) is 3. The summed E-state index contributed by atoms with van der Waals surface area (Å²) in [5, 5.41) is 19.1. The van der Waals surface area contributed by atoms with Crippen LogP contribution in [0.25, 0.3) is 0 Å². The molecule has 2 atom stereocenters. The maximum Gasteiger partial charge on any atom is 0.335 e. The highest BCUT2D eigenvalue weighted by Gasteiger charge is 2.33. The van der Waals surface area contributed by atoms with Crippen molar-refractivity contribution >= 4 is 11.9 Å². The molecule has 0 saturated heterocycles. The van der Waals surface area contributed by atoms with Gasteiger partial charge in [0.2, 0.25) is 0 Å². The molecule has 5 nitrogen and oxygen atoms in total. The van der Waals surface area contributed by atoms with Crippen LogP contribution >= 0.6 is 0 Å². The number of hydrogen-bond donors (Lipinski definition) is 2. The number of carboxylic acids is 1. The van der Waals surface area contributed by atoms with Crippen molar-refractivity contribution in [3.05, 3.63) is 71.8 Å². The minimum atomic E-state index is -1.71. The third kappa shape index (κ3) is 3.32. The first-order valence-corrected chi connectivity index (χ1v) is 6.80. The minimum absolute atomic E-state index is 0.352. The van der Waals surface area contributed by atoms with Gasteiger partial charge in [0, 0.05) is 12.6 Å². The standard InChI is InChI=1S/C17H17NO4/c1-18(16(20)13-10-6-3-7-11-13)14(15(19)17(21)22)12-8-4-2-5-9-12/h2-11,14-15,19H,1H3,(H,21,22). The SMILES string of the molecule is CN(C(=O)c1ccccc1)C(c1ccccc1)C(O)C(=O)O. The predicted octanol–water partition coefficient (Wildman–Crippen LogP) is 1.95. The predicted molar refractivity (Wildman–Crippen MR) is 81.4 cm³/mol. The fourth-order valence-electron chi connectivity index (χ4n) is 2.31. The van der Waals surface area contributed by atoms with E-state index in [4.69, 9.17) is 5.11 Å². The Morgan fingerprint density at radius 3 is 1.95 bits per heavy atom. The molecule has 0 aromatic heterocycles. The second kappa shape index (κ2) is 6.87. The van der Waals surface area contributed by atoms with Crippen molar-refractivity contribution in [3.63, 3.8) is 0 Å². The van der Waals surface area contributed by atoms with Crippen molar-refractivity contribution in [3.8, 4) is 0 Å². The summed E-state index contributed by atoms with van der Waals surface area (Å²) in [4.78, 5) is 25.0. The summed E-state index contributed by atoms with van der Waals surface area (Å²) in [5.41, 5.74) is 0.993. The molecule has 2 unspecified atom stereocenters. The third-order valence-electron chi connectivity index (χ3n) is 3.45. The summed E-state index contributed by atoms with van der Waals surface area (Å²) in [6.07, 6.45) is -1.71. The summed E-state index contributed by atoms with van der Waals surface area (Å²) >= 11 is 0. The van der Waals surface area contributed by atoms with E-state index in [1.165, 1.54) is 11.9 Å². The second-order valence-electron chi connectivity index (χ2n) is 4.92. The molecule has 2 rings (SSSR count). The first kappa shape index (κ1) is 15.7. The molecular formula is C17H17NO4. The molecule has 0 aliphatic carbocycles. The highest BCUT2D eigenvalue weighted by molar-refractivity contribution is 5.94. The Bertz CT molecular complexity index is 642. The Morgan fingerprint density at radius 1 is 0.955 bits per heavy atom. The number of aliphatic carboxylic acids is 1. The van der Waals surface area contributed by atoms with E-state index in [9.17, 15) is 14.7 Å². The van der Waals surface area contributed by atoms with Crippen molar-refractivity contribution in [2.75, 3.05) is 7.05 Å². The van der Waals surface area contributed by atoms with Crippen LogP contribution in [0, 0.1) is 0 Å². The lowest BCUT2D eigenvalue weighted by Crippen LogP contribution is -2.41. The van der Waals surface area contributed by atoms with Gasteiger partial charge >= 0.3 is 5.97 Å². The number of nitrogens with zero attached hydrogens (tertiary/aromatic N) is 1. The van der Waals surface area contributed by atoms with E-state index in [1.54, 1.807) is 60.7 Å². The average Bonchev–Trinajstić information content (AvgIpc) is 2.56. The first-order valence-electron chi connectivity index (χ1n) is 6.80. The van der Waals surface area contributed by atoms with E-state index in [1.807, 2.05) is 0 Å². The molecule has 0 bridgehead atoms. The van der Waals surface area contributed by atoms with Gasteiger partial charge in [0.25, 0.3) is 5.91 Å². The molecule has 2 aromatic rings. The lowest BCUT2D eigenvalue weighted by atomic mass is 9.99. The van der Waals surface area contributed by atoms with E-state index in [2.05, 4.69) is 0 Å². The van der Waals surface area contributed by atoms with Crippen molar-refractivity contribution in [2.24, 2.45) is 0 Å². The largest absolute Gasteiger partial charge is 0.479 e. The van der Waals surface area contributed by atoms with Crippen molar-refractivity contribution < 1.29 is 19.8 Å². The molecule has 0 heterocycles. The summed E-state index contributed by atoms with van der Waals surface area (Å²) in [6, 6.07) is 16.2. The van der Waals surface area contributed by atoms with Crippen molar-refractivity contribution in [1.82, 2.24) is 4.90 Å². The van der Waals surface area contributed by atoms with Gasteiger partial charge in [0.05, 0.1) is 6.04 Å². The fraction of sp³-hybridized carbons (Fsp3) is 0.176. The van der Waals surface area contributed by atoms with E-state index < -0.39 is 18.1 Å². The smallest absolute Gasteiger partial charge is 0.335 e. The average molecular weight is 299 g/mol. The maximum atomic E-state index is 12.5. The van der Waals surface area contributed by atoms with Crippen molar-refractivity contribution in [1.29, 1.82) is 0 Å².